The molecule has 1 amide bonds. The summed E-state index contributed by atoms with van der Waals surface area (Å²) in [6, 6.07) is 7.09. The number of amides is 1. The summed E-state index contributed by atoms with van der Waals surface area (Å²) in [5.74, 6) is 0.151. The molecule has 104 valence electrons. The fourth-order valence-corrected chi connectivity index (χ4v) is 2.67. The van der Waals surface area contributed by atoms with Gasteiger partial charge in [0.15, 0.2) is 0 Å². The van der Waals surface area contributed by atoms with Gasteiger partial charge in [-0.05, 0) is 24.3 Å². The molecule has 0 atom stereocenters. The van der Waals surface area contributed by atoms with Crippen LogP contribution in [-0.2, 0) is 0 Å². The minimum atomic E-state index is -0.888. The third kappa shape index (κ3) is 2.34. The van der Waals surface area contributed by atoms with Crippen LogP contribution in [-0.4, -0.2) is 39.0 Å². The van der Waals surface area contributed by atoms with Crippen molar-refractivity contribution < 1.29 is 9.90 Å². The molecule has 20 heavy (non-hydrogen) atoms. The first-order chi connectivity index (χ1) is 9.54. The lowest BCUT2D eigenvalue weighted by molar-refractivity contribution is 0.104. The molecule has 0 spiro atoms. The van der Waals surface area contributed by atoms with Crippen LogP contribution in [0.4, 0.5) is 4.79 Å². The van der Waals surface area contributed by atoms with Gasteiger partial charge >= 0.3 is 6.09 Å². The van der Waals surface area contributed by atoms with Crippen LogP contribution >= 0.6 is 23.2 Å². The Labute approximate surface area is 125 Å². The molecule has 0 saturated carbocycles. The van der Waals surface area contributed by atoms with Gasteiger partial charge in [0.1, 0.15) is 0 Å². The van der Waals surface area contributed by atoms with Crippen LogP contribution in [0.3, 0.4) is 0 Å². The van der Waals surface area contributed by atoms with Gasteiger partial charge in [0.25, 0.3) is 0 Å². The normalized spacial score (nSPS) is 15.2. The van der Waals surface area contributed by atoms with E-state index in [4.69, 9.17) is 28.3 Å². The van der Waals surface area contributed by atoms with Crippen molar-refractivity contribution in [1.29, 1.82) is 0 Å². The lowest BCUT2D eigenvalue weighted by Gasteiger charge is -2.35. The molecule has 1 N–H and O–H groups in total. The van der Waals surface area contributed by atoms with E-state index in [-0.39, 0.29) is 5.92 Å². The summed E-state index contributed by atoms with van der Waals surface area (Å²) in [5.41, 5.74) is 1.62. The first kappa shape index (κ1) is 13.3. The molecule has 1 aromatic heterocycles. The van der Waals surface area contributed by atoms with E-state index in [1.54, 1.807) is 22.9 Å². The Hall–Kier alpha value is -1.72. The largest absolute Gasteiger partial charge is 0.465 e. The first-order valence-electron chi connectivity index (χ1n) is 6.03. The average Bonchev–Trinajstić information content (AvgIpc) is 2.75. The highest BCUT2D eigenvalue weighted by Gasteiger charge is 2.33. The van der Waals surface area contributed by atoms with Gasteiger partial charge in [-0.1, -0.05) is 23.2 Å². The number of hydrogen-bond acceptors (Lipinski definition) is 2. The van der Waals surface area contributed by atoms with Crippen molar-refractivity contribution in [3.8, 4) is 5.69 Å². The number of benzene rings is 1. The standard InChI is InChI=1S/C13H11Cl2N3O2/c14-9-1-2-12(10(15)5-9)18-4-3-11(16-18)8-6-17(7-8)13(19)20/h1-5,8H,6-7H2,(H,19,20). The average molecular weight is 312 g/mol. The van der Waals surface area contributed by atoms with Crippen LogP contribution in [0.1, 0.15) is 11.6 Å². The minimum Gasteiger partial charge on any atom is -0.465 e. The smallest absolute Gasteiger partial charge is 0.407 e. The van der Waals surface area contributed by atoms with Crippen LogP contribution < -0.4 is 0 Å². The van der Waals surface area contributed by atoms with E-state index in [9.17, 15) is 4.79 Å². The number of carboxylic acid groups (broad SMARTS) is 1. The molecule has 0 unspecified atom stereocenters. The Morgan fingerprint density at radius 2 is 2.05 bits per heavy atom. The van der Waals surface area contributed by atoms with Crippen molar-refractivity contribution in [3.63, 3.8) is 0 Å². The topological polar surface area (TPSA) is 58.4 Å². The summed E-state index contributed by atoms with van der Waals surface area (Å²) in [6.07, 6.45) is 0.926. The van der Waals surface area contributed by atoms with Crippen LogP contribution in [0.15, 0.2) is 30.5 Å². The van der Waals surface area contributed by atoms with E-state index in [2.05, 4.69) is 5.10 Å². The highest BCUT2D eigenvalue weighted by molar-refractivity contribution is 6.35. The zero-order valence-corrected chi connectivity index (χ0v) is 11.8. The fourth-order valence-electron chi connectivity index (χ4n) is 2.18. The molecule has 0 radical (unpaired) electrons. The van der Waals surface area contributed by atoms with Crippen LogP contribution in [0.5, 0.6) is 0 Å². The Bertz CT molecular complexity index is 665. The van der Waals surface area contributed by atoms with Gasteiger partial charge in [0, 0.05) is 30.2 Å². The molecule has 1 aliphatic heterocycles. The zero-order chi connectivity index (χ0) is 14.3. The molecule has 5 nitrogen and oxygen atoms in total. The highest BCUT2D eigenvalue weighted by Crippen LogP contribution is 2.28. The maximum absolute atomic E-state index is 10.7. The lowest BCUT2D eigenvalue weighted by Crippen LogP contribution is -2.47. The van der Waals surface area contributed by atoms with E-state index in [1.807, 2.05) is 12.3 Å². The zero-order valence-electron chi connectivity index (χ0n) is 10.3. The summed E-state index contributed by atoms with van der Waals surface area (Å²) in [6.45, 7) is 0.974. The summed E-state index contributed by atoms with van der Waals surface area (Å²) in [4.78, 5) is 12.1. The van der Waals surface area contributed by atoms with Gasteiger partial charge in [-0.25, -0.2) is 9.48 Å². The molecule has 1 aromatic carbocycles. The van der Waals surface area contributed by atoms with Gasteiger partial charge < -0.3 is 10.0 Å². The van der Waals surface area contributed by atoms with Crippen molar-refractivity contribution >= 4 is 29.3 Å². The molecular formula is C13H11Cl2N3O2. The van der Waals surface area contributed by atoms with E-state index < -0.39 is 6.09 Å². The molecular weight excluding hydrogens is 301 g/mol. The molecule has 1 fully saturated rings. The summed E-state index contributed by atoms with van der Waals surface area (Å²) in [7, 11) is 0. The number of nitrogens with zero attached hydrogens (tertiary/aromatic N) is 3. The number of aromatic nitrogens is 2. The Kier molecular flexibility index (Phi) is 3.31. The maximum Gasteiger partial charge on any atom is 0.407 e. The Morgan fingerprint density at radius 3 is 2.70 bits per heavy atom. The van der Waals surface area contributed by atoms with Gasteiger partial charge in [0.2, 0.25) is 0 Å². The molecule has 7 heteroatoms. The van der Waals surface area contributed by atoms with Crippen LogP contribution in [0.2, 0.25) is 10.0 Å². The molecule has 2 heterocycles. The lowest BCUT2D eigenvalue weighted by atomic mass is 9.97. The monoisotopic (exact) mass is 311 g/mol. The van der Waals surface area contributed by atoms with Crippen molar-refractivity contribution in [2.24, 2.45) is 0 Å². The molecule has 1 saturated heterocycles. The molecule has 3 rings (SSSR count). The predicted octanol–water partition coefficient (Wildman–Crippen LogP) is 3.26. The fraction of sp³-hybridized carbons (Fsp3) is 0.231. The van der Waals surface area contributed by atoms with Gasteiger partial charge in [0.05, 0.1) is 16.4 Å². The number of rotatable bonds is 2. The van der Waals surface area contributed by atoms with Gasteiger partial charge in [-0.2, -0.15) is 5.10 Å². The molecule has 0 bridgehead atoms. The van der Waals surface area contributed by atoms with E-state index >= 15 is 0 Å². The van der Waals surface area contributed by atoms with Crippen molar-refractivity contribution in [2.75, 3.05) is 13.1 Å². The number of carbonyl (C=O) groups is 1. The second kappa shape index (κ2) is 5.00. The minimum absolute atomic E-state index is 0.151. The number of halogens is 2. The third-order valence-corrected chi connectivity index (χ3v) is 3.87. The van der Waals surface area contributed by atoms with Crippen LogP contribution in [0.25, 0.3) is 5.69 Å². The van der Waals surface area contributed by atoms with E-state index in [0.717, 1.165) is 11.4 Å². The van der Waals surface area contributed by atoms with E-state index in [1.165, 1.54) is 4.90 Å². The predicted molar refractivity (Wildman–Crippen MR) is 75.9 cm³/mol. The highest BCUT2D eigenvalue weighted by atomic mass is 35.5. The second-order valence-electron chi connectivity index (χ2n) is 4.67. The van der Waals surface area contributed by atoms with Crippen LogP contribution in [0, 0.1) is 0 Å². The summed E-state index contributed by atoms with van der Waals surface area (Å²) >= 11 is 12.0. The second-order valence-corrected chi connectivity index (χ2v) is 5.51. The van der Waals surface area contributed by atoms with Crippen molar-refractivity contribution in [2.45, 2.75) is 5.92 Å². The number of likely N-dealkylation sites (tertiary alicyclic amines) is 1. The quantitative estimate of drug-likeness (QED) is 0.926. The Morgan fingerprint density at radius 1 is 1.30 bits per heavy atom. The summed E-state index contributed by atoms with van der Waals surface area (Å²) in [5, 5.41) is 14.4. The molecule has 2 aromatic rings. The number of hydrogen-bond donors (Lipinski definition) is 1. The SMILES string of the molecule is O=C(O)N1CC(c2ccn(-c3ccc(Cl)cc3Cl)n2)C1. The van der Waals surface area contributed by atoms with Gasteiger partial charge in [-0.3, -0.25) is 0 Å². The molecule has 1 aliphatic rings. The van der Waals surface area contributed by atoms with Crippen molar-refractivity contribution in [3.05, 3.63) is 46.2 Å². The summed E-state index contributed by atoms with van der Waals surface area (Å²) < 4.78 is 1.68. The van der Waals surface area contributed by atoms with E-state index in [0.29, 0.717) is 23.1 Å². The molecule has 0 aliphatic carbocycles. The first-order valence-corrected chi connectivity index (χ1v) is 6.79. The van der Waals surface area contributed by atoms with Crippen molar-refractivity contribution in [1.82, 2.24) is 14.7 Å². The third-order valence-electron chi connectivity index (χ3n) is 3.34. The Balaban J connectivity index is 1.79. The van der Waals surface area contributed by atoms with Gasteiger partial charge in [-0.15, -0.1) is 0 Å². The maximum atomic E-state index is 10.7.